The van der Waals surface area contributed by atoms with E-state index in [9.17, 15) is 0 Å². The Hall–Kier alpha value is -1.90. The maximum atomic E-state index is 5.95. The summed E-state index contributed by atoms with van der Waals surface area (Å²) < 4.78 is 11.9. The van der Waals surface area contributed by atoms with Crippen molar-refractivity contribution in [3.63, 3.8) is 0 Å². The molecule has 3 rings (SSSR count). The first kappa shape index (κ1) is 12.2. The second-order valence-corrected chi connectivity index (χ2v) is 5.33. The van der Waals surface area contributed by atoms with Crippen LogP contribution in [0.4, 0.5) is 0 Å². The van der Waals surface area contributed by atoms with E-state index in [1.165, 1.54) is 22.3 Å². The maximum absolute atomic E-state index is 5.95. The van der Waals surface area contributed by atoms with Crippen LogP contribution in [0.15, 0.2) is 30.3 Å². The highest BCUT2D eigenvalue weighted by molar-refractivity contribution is 6.64. The Kier molecular flexibility index (Phi) is 2.77. The largest absolute Gasteiger partial charge is 0.633 e. The number of fused-ring (bicyclic) bond motifs is 1. The fourth-order valence-electron chi connectivity index (χ4n) is 2.74. The molecule has 2 nitrogen and oxygen atoms in total. The molecule has 0 aromatic heterocycles. The summed E-state index contributed by atoms with van der Waals surface area (Å²) in [6, 6.07) is 10.4. The predicted molar refractivity (Wildman–Crippen MR) is 78.5 cm³/mol. The minimum Gasteiger partial charge on any atom is -0.519 e. The van der Waals surface area contributed by atoms with E-state index in [4.69, 9.17) is 9.31 Å². The minimum absolute atomic E-state index is 0.322. The van der Waals surface area contributed by atoms with Crippen LogP contribution in [0.5, 0.6) is 11.5 Å². The number of hydrogen-bond acceptors (Lipinski definition) is 2. The highest BCUT2D eigenvalue weighted by Gasteiger charge is 2.36. The van der Waals surface area contributed by atoms with Gasteiger partial charge in [0.15, 0.2) is 0 Å². The topological polar surface area (TPSA) is 18.5 Å². The first-order chi connectivity index (χ1) is 9.04. The lowest BCUT2D eigenvalue weighted by Crippen LogP contribution is -2.42. The molecule has 0 fully saturated rings. The quantitative estimate of drug-likeness (QED) is 0.726. The molecular formula is C16H17BO2. The van der Waals surface area contributed by atoms with Gasteiger partial charge in [-0.3, -0.25) is 0 Å². The number of hydrogen-bond donors (Lipinski definition) is 0. The fraction of sp³-hybridized carbons (Fsp3) is 0.250. The van der Waals surface area contributed by atoms with Crippen LogP contribution in [0.3, 0.4) is 0 Å². The normalized spacial score (nSPS) is 12.9. The van der Waals surface area contributed by atoms with E-state index in [1.54, 1.807) is 0 Å². The molecule has 0 amide bonds. The average molecular weight is 252 g/mol. The van der Waals surface area contributed by atoms with Gasteiger partial charge in [-0.05, 0) is 56.5 Å². The van der Waals surface area contributed by atoms with E-state index in [0.29, 0.717) is 0 Å². The second-order valence-electron chi connectivity index (χ2n) is 5.33. The van der Waals surface area contributed by atoms with Crippen molar-refractivity contribution in [2.45, 2.75) is 27.7 Å². The van der Waals surface area contributed by atoms with E-state index >= 15 is 0 Å². The molecule has 2 aromatic carbocycles. The van der Waals surface area contributed by atoms with Crippen molar-refractivity contribution in [2.24, 2.45) is 0 Å². The van der Waals surface area contributed by atoms with E-state index in [2.05, 4.69) is 39.8 Å². The molecule has 1 aliphatic rings. The molecule has 2 aromatic rings. The van der Waals surface area contributed by atoms with Gasteiger partial charge in [0.25, 0.3) is 0 Å². The third-order valence-corrected chi connectivity index (χ3v) is 3.54. The summed E-state index contributed by atoms with van der Waals surface area (Å²) in [6.45, 7) is 8.38. The van der Waals surface area contributed by atoms with Gasteiger partial charge >= 0.3 is 7.12 Å². The molecule has 0 aliphatic carbocycles. The van der Waals surface area contributed by atoms with Crippen LogP contribution < -0.4 is 14.8 Å². The Balaban J connectivity index is 1.99. The molecule has 3 heteroatoms. The Morgan fingerprint density at radius 2 is 1.37 bits per heavy atom. The zero-order valence-electron chi connectivity index (χ0n) is 11.8. The summed E-state index contributed by atoms with van der Waals surface area (Å²) in [7, 11) is -0.322. The van der Waals surface area contributed by atoms with Crippen LogP contribution in [0.2, 0.25) is 0 Å². The van der Waals surface area contributed by atoms with E-state index < -0.39 is 0 Å². The van der Waals surface area contributed by atoms with Gasteiger partial charge in [0.05, 0.1) is 0 Å². The van der Waals surface area contributed by atoms with E-state index in [-0.39, 0.29) is 7.12 Å². The molecule has 0 radical (unpaired) electrons. The lowest BCUT2D eigenvalue weighted by Gasteiger charge is -2.12. The summed E-state index contributed by atoms with van der Waals surface area (Å²) in [4.78, 5) is 0. The van der Waals surface area contributed by atoms with Gasteiger partial charge in [0, 0.05) is 5.46 Å². The van der Waals surface area contributed by atoms with Crippen molar-refractivity contribution in [3.8, 4) is 11.5 Å². The molecule has 0 unspecified atom stereocenters. The molecule has 0 atom stereocenters. The van der Waals surface area contributed by atoms with Crippen molar-refractivity contribution in [2.75, 3.05) is 0 Å². The van der Waals surface area contributed by atoms with Gasteiger partial charge in [0.2, 0.25) is 0 Å². The predicted octanol–water partition coefficient (Wildman–Crippen LogP) is 3.09. The third kappa shape index (κ3) is 2.10. The van der Waals surface area contributed by atoms with Crippen LogP contribution in [-0.2, 0) is 0 Å². The van der Waals surface area contributed by atoms with E-state index in [1.807, 2.05) is 18.2 Å². The Bertz CT molecular complexity index is 626. The molecule has 1 aliphatic heterocycles. The second kappa shape index (κ2) is 4.34. The first-order valence-corrected chi connectivity index (χ1v) is 6.56. The lowest BCUT2D eigenvalue weighted by molar-refractivity contribution is 0.518. The minimum atomic E-state index is -0.322. The van der Waals surface area contributed by atoms with Crippen molar-refractivity contribution in [1.29, 1.82) is 0 Å². The SMILES string of the molecule is Cc1cc(C)c(B2Oc3ccc(C)cc3O2)c(C)c1. The molecule has 0 spiro atoms. The van der Waals surface area contributed by atoms with Crippen molar-refractivity contribution in [3.05, 3.63) is 52.6 Å². The molecule has 0 N–H and O–H groups in total. The monoisotopic (exact) mass is 252 g/mol. The summed E-state index contributed by atoms with van der Waals surface area (Å²) in [5, 5.41) is 0. The summed E-state index contributed by atoms with van der Waals surface area (Å²) in [5.41, 5.74) is 6.02. The smallest absolute Gasteiger partial charge is 0.519 e. The molecular weight excluding hydrogens is 235 g/mol. The van der Waals surface area contributed by atoms with Crippen molar-refractivity contribution < 1.29 is 9.31 Å². The molecule has 0 saturated heterocycles. The summed E-state index contributed by atoms with van der Waals surface area (Å²) in [5.74, 6) is 1.67. The van der Waals surface area contributed by atoms with Crippen LogP contribution in [0.1, 0.15) is 22.3 Å². The van der Waals surface area contributed by atoms with Gasteiger partial charge in [-0.1, -0.05) is 23.8 Å². The van der Waals surface area contributed by atoms with Crippen molar-refractivity contribution in [1.82, 2.24) is 0 Å². The average Bonchev–Trinajstić information content (AvgIpc) is 2.69. The molecule has 1 heterocycles. The Labute approximate surface area is 114 Å². The highest BCUT2D eigenvalue weighted by Crippen LogP contribution is 2.34. The highest BCUT2D eigenvalue weighted by atomic mass is 16.6. The van der Waals surface area contributed by atoms with Gasteiger partial charge in [-0.15, -0.1) is 0 Å². The standard InChI is InChI=1S/C16H17BO2/c1-10-5-6-14-15(9-10)19-17(18-14)16-12(3)7-11(2)8-13(16)4/h5-9H,1-4H3. The first-order valence-electron chi connectivity index (χ1n) is 6.56. The molecule has 19 heavy (non-hydrogen) atoms. The number of rotatable bonds is 1. The van der Waals surface area contributed by atoms with Gasteiger partial charge in [0.1, 0.15) is 11.5 Å². The Morgan fingerprint density at radius 3 is 2.05 bits per heavy atom. The summed E-state index contributed by atoms with van der Waals surface area (Å²) >= 11 is 0. The zero-order valence-corrected chi connectivity index (χ0v) is 11.8. The van der Waals surface area contributed by atoms with Gasteiger partial charge in [-0.25, -0.2) is 0 Å². The van der Waals surface area contributed by atoms with E-state index in [0.717, 1.165) is 17.0 Å². The number of benzene rings is 2. The zero-order chi connectivity index (χ0) is 13.6. The fourth-order valence-corrected chi connectivity index (χ4v) is 2.74. The third-order valence-electron chi connectivity index (χ3n) is 3.54. The van der Waals surface area contributed by atoms with Crippen LogP contribution in [0, 0.1) is 27.7 Å². The lowest BCUT2D eigenvalue weighted by atomic mass is 9.73. The van der Waals surface area contributed by atoms with Crippen molar-refractivity contribution >= 4 is 12.6 Å². The molecule has 0 bridgehead atoms. The van der Waals surface area contributed by atoms with Crippen LogP contribution in [-0.4, -0.2) is 7.12 Å². The molecule has 0 saturated carbocycles. The summed E-state index contributed by atoms with van der Waals surface area (Å²) in [6.07, 6.45) is 0. The maximum Gasteiger partial charge on any atom is 0.633 e. The molecule has 96 valence electrons. The van der Waals surface area contributed by atoms with Gasteiger partial charge < -0.3 is 9.31 Å². The van der Waals surface area contributed by atoms with Crippen LogP contribution in [0.25, 0.3) is 0 Å². The Morgan fingerprint density at radius 1 is 0.737 bits per heavy atom. The number of aryl methyl sites for hydroxylation is 4. The van der Waals surface area contributed by atoms with Crippen LogP contribution >= 0.6 is 0 Å². The van der Waals surface area contributed by atoms with Gasteiger partial charge in [-0.2, -0.15) is 0 Å².